The molecule has 1 atom stereocenters. The minimum Gasteiger partial charge on any atom is -0.505 e. The Morgan fingerprint density at radius 2 is 2.11 bits per heavy atom. The number of amides is 1. The molecule has 4 nitrogen and oxygen atoms in total. The number of carbonyl (C=O) groups is 1. The van der Waals surface area contributed by atoms with Crippen molar-refractivity contribution in [3.05, 3.63) is 29.6 Å². The van der Waals surface area contributed by atoms with Crippen molar-refractivity contribution in [2.24, 2.45) is 5.92 Å². The summed E-state index contributed by atoms with van der Waals surface area (Å²) >= 11 is 0. The van der Waals surface area contributed by atoms with Gasteiger partial charge in [0.15, 0.2) is 11.6 Å². The lowest BCUT2D eigenvalue weighted by Crippen LogP contribution is -2.50. The van der Waals surface area contributed by atoms with Crippen molar-refractivity contribution >= 4 is 5.91 Å². The molecule has 3 N–H and O–H groups in total. The lowest BCUT2D eigenvalue weighted by Gasteiger charge is -2.30. The lowest BCUT2D eigenvalue weighted by atomic mass is 9.94. The molecule has 2 rings (SSSR count). The number of hydrogen-bond acceptors (Lipinski definition) is 3. The minimum absolute atomic E-state index is 0.175. The smallest absolute Gasteiger partial charge is 0.251 e. The van der Waals surface area contributed by atoms with Crippen LogP contribution >= 0.6 is 0 Å². The number of rotatable bonds is 4. The quantitative estimate of drug-likeness (QED) is 0.779. The third kappa shape index (κ3) is 3.23. The summed E-state index contributed by atoms with van der Waals surface area (Å²) in [7, 11) is 0. The summed E-state index contributed by atoms with van der Waals surface area (Å²) < 4.78 is 12.9. The topological polar surface area (TPSA) is 69.6 Å². The van der Waals surface area contributed by atoms with Gasteiger partial charge in [0.25, 0.3) is 5.91 Å². The fourth-order valence-corrected chi connectivity index (χ4v) is 2.18. The summed E-state index contributed by atoms with van der Waals surface area (Å²) in [5, 5.41) is 22.1. The van der Waals surface area contributed by atoms with Crippen molar-refractivity contribution in [3.8, 4) is 5.75 Å². The number of benzene rings is 1. The van der Waals surface area contributed by atoms with Crippen molar-refractivity contribution < 1.29 is 19.4 Å². The van der Waals surface area contributed by atoms with Crippen LogP contribution in [0.15, 0.2) is 18.2 Å². The number of hydrogen-bond donors (Lipinski definition) is 3. The molecular weight excluding hydrogens is 249 g/mol. The summed E-state index contributed by atoms with van der Waals surface area (Å²) in [5.74, 6) is -1.47. The molecule has 1 amide bonds. The molecule has 104 valence electrons. The van der Waals surface area contributed by atoms with Gasteiger partial charge in [-0.1, -0.05) is 0 Å². The average Bonchev–Trinajstić information content (AvgIpc) is 3.11. The molecule has 19 heavy (non-hydrogen) atoms. The molecule has 1 fully saturated rings. The zero-order valence-corrected chi connectivity index (χ0v) is 11.0. The van der Waals surface area contributed by atoms with Gasteiger partial charge in [-0.3, -0.25) is 4.79 Å². The Morgan fingerprint density at radius 3 is 2.58 bits per heavy atom. The van der Waals surface area contributed by atoms with Gasteiger partial charge in [0, 0.05) is 5.56 Å². The summed E-state index contributed by atoms with van der Waals surface area (Å²) in [5.41, 5.74) is -0.840. The Kier molecular flexibility index (Phi) is 3.49. The van der Waals surface area contributed by atoms with Crippen molar-refractivity contribution in [2.75, 3.05) is 0 Å². The van der Waals surface area contributed by atoms with Gasteiger partial charge in [-0.2, -0.15) is 0 Å². The van der Waals surface area contributed by atoms with Gasteiger partial charge >= 0.3 is 0 Å². The first-order chi connectivity index (χ1) is 8.79. The van der Waals surface area contributed by atoms with Crippen LogP contribution in [0.3, 0.4) is 0 Å². The van der Waals surface area contributed by atoms with Crippen LogP contribution in [-0.4, -0.2) is 27.8 Å². The van der Waals surface area contributed by atoms with E-state index in [0.29, 0.717) is 0 Å². The van der Waals surface area contributed by atoms with Crippen LogP contribution in [0, 0.1) is 11.7 Å². The number of halogens is 1. The van der Waals surface area contributed by atoms with Crippen molar-refractivity contribution in [1.82, 2.24) is 5.32 Å². The van der Waals surface area contributed by atoms with E-state index in [9.17, 15) is 19.4 Å². The molecule has 1 aromatic carbocycles. The van der Waals surface area contributed by atoms with E-state index < -0.39 is 23.1 Å². The van der Waals surface area contributed by atoms with Crippen LogP contribution in [-0.2, 0) is 0 Å². The first-order valence-electron chi connectivity index (χ1n) is 6.31. The van der Waals surface area contributed by atoms with Crippen molar-refractivity contribution in [2.45, 2.75) is 38.3 Å². The summed E-state index contributed by atoms with van der Waals surface area (Å²) in [6.45, 7) is 3.30. The second kappa shape index (κ2) is 4.81. The van der Waals surface area contributed by atoms with E-state index in [4.69, 9.17) is 0 Å². The first-order valence-corrected chi connectivity index (χ1v) is 6.31. The molecule has 0 aliphatic heterocycles. The Hall–Kier alpha value is -1.62. The molecule has 0 spiro atoms. The largest absolute Gasteiger partial charge is 0.505 e. The summed E-state index contributed by atoms with van der Waals surface area (Å²) in [6.07, 6.45) is 1.95. The van der Waals surface area contributed by atoms with E-state index in [0.717, 1.165) is 25.0 Å². The maximum Gasteiger partial charge on any atom is 0.251 e. The van der Waals surface area contributed by atoms with E-state index in [1.807, 2.05) is 0 Å². The Morgan fingerprint density at radius 1 is 1.47 bits per heavy atom. The molecule has 1 unspecified atom stereocenters. The van der Waals surface area contributed by atoms with Crippen LogP contribution in [0.4, 0.5) is 4.39 Å². The van der Waals surface area contributed by atoms with Gasteiger partial charge in [0.2, 0.25) is 0 Å². The standard InChI is InChI=1S/C14H18FNO3/c1-14(2,19)12(8-3-4-8)16-13(18)9-5-6-10(15)11(17)7-9/h5-8,12,17,19H,3-4H2,1-2H3,(H,16,18). The zero-order valence-electron chi connectivity index (χ0n) is 11.0. The third-order valence-electron chi connectivity index (χ3n) is 3.35. The second-order valence-electron chi connectivity index (χ2n) is 5.61. The zero-order chi connectivity index (χ0) is 14.2. The fraction of sp³-hybridized carbons (Fsp3) is 0.500. The van der Waals surface area contributed by atoms with E-state index >= 15 is 0 Å². The van der Waals surface area contributed by atoms with E-state index in [1.54, 1.807) is 13.8 Å². The molecule has 0 saturated heterocycles. The Bertz CT molecular complexity index is 492. The maximum absolute atomic E-state index is 12.9. The van der Waals surface area contributed by atoms with Gasteiger partial charge in [0.1, 0.15) is 0 Å². The monoisotopic (exact) mass is 267 g/mol. The van der Waals surface area contributed by atoms with Crippen molar-refractivity contribution in [3.63, 3.8) is 0 Å². The van der Waals surface area contributed by atoms with E-state index in [1.165, 1.54) is 6.07 Å². The fourth-order valence-electron chi connectivity index (χ4n) is 2.18. The molecule has 5 heteroatoms. The second-order valence-corrected chi connectivity index (χ2v) is 5.61. The third-order valence-corrected chi connectivity index (χ3v) is 3.35. The number of nitrogens with one attached hydrogen (secondary N) is 1. The summed E-state index contributed by atoms with van der Waals surface area (Å²) in [4.78, 5) is 12.0. The number of carbonyl (C=O) groups excluding carboxylic acids is 1. The molecule has 1 saturated carbocycles. The lowest BCUT2D eigenvalue weighted by molar-refractivity contribution is 0.0276. The van der Waals surface area contributed by atoms with Gasteiger partial charge < -0.3 is 15.5 Å². The van der Waals surface area contributed by atoms with Crippen LogP contribution in [0.1, 0.15) is 37.0 Å². The van der Waals surface area contributed by atoms with Crippen LogP contribution in [0.5, 0.6) is 5.75 Å². The molecule has 0 radical (unpaired) electrons. The molecule has 0 bridgehead atoms. The van der Waals surface area contributed by atoms with Gasteiger partial charge in [-0.25, -0.2) is 4.39 Å². The molecule has 1 aliphatic rings. The predicted octanol–water partition coefficient (Wildman–Crippen LogP) is 1.81. The normalized spacial score (nSPS) is 17.1. The Labute approximate surface area is 111 Å². The van der Waals surface area contributed by atoms with E-state index in [2.05, 4.69) is 5.32 Å². The first kappa shape index (κ1) is 13.8. The molecule has 1 aliphatic carbocycles. The molecule has 0 aromatic heterocycles. The highest BCUT2D eigenvalue weighted by molar-refractivity contribution is 5.94. The van der Waals surface area contributed by atoms with Gasteiger partial charge in [-0.05, 0) is 50.8 Å². The highest BCUT2D eigenvalue weighted by Gasteiger charge is 2.41. The minimum atomic E-state index is -1.01. The van der Waals surface area contributed by atoms with Crippen LogP contribution < -0.4 is 5.32 Å². The molecular formula is C14H18FNO3. The molecule has 0 heterocycles. The number of phenols is 1. The number of phenolic OH excluding ortho intramolecular Hbond substituents is 1. The van der Waals surface area contributed by atoms with Crippen LogP contribution in [0.2, 0.25) is 0 Å². The van der Waals surface area contributed by atoms with E-state index in [-0.39, 0.29) is 17.5 Å². The highest BCUT2D eigenvalue weighted by atomic mass is 19.1. The van der Waals surface area contributed by atoms with Crippen LogP contribution in [0.25, 0.3) is 0 Å². The SMILES string of the molecule is CC(C)(O)C(NC(=O)c1ccc(F)c(O)c1)C1CC1. The van der Waals surface area contributed by atoms with Gasteiger partial charge in [-0.15, -0.1) is 0 Å². The summed E-state index contributed by atoms with van der Waals surface area (Å²) in [6, 6.07) is 3.09. The number of aromatic hydroxyl groups is 1. The van der Waals surface area contributed by atoms with Crippen molar-refractivity contribution in [1.29, 1.82) is 0 Å². The highest BCUT2D eigenvalue weighted by Crippen LogP contribution is 2.37. The predicted molar refractivity (Wildman–Crippen MR) is 68.3 cm³/mol. The Balaban J connectivity index is 2.13. The number of aliphatic hydroxyl groups is 1. The molecule has 1 aromatic rings. The maximum atomic E-state index is 12.9. The average molecular weight is 267 g/mol. The van der Waals surface area contributed by atoms with Gasteiger partial charge in [0.05, 0.1) is 11.6 Å².